The van der Waals surface area contributed by atoms with Crippen molar-refractivity contribution in [2.45, 2.75) is 0 Å². The zero-order chi connectivity index (χ0) is 24.7. The van der Waals surface area contributed by atoms with Crippen LogP contribution in [0.3, 0.4) is 0 Å². The molecule has 2 N–H and O–H groups in total. The van der Waals surface area contributed by atoms with Gasteiger partial charge in [-0.15, -0.1) is 0 Å². The van der Waals surface area contributed by atoms with E-state index in [0.717, 1.165) is 27.7 Å². The number of Topliss-reactive ketones (excluding diaryl/α,β-unsaturated/α-hetero) is 1. The summed E-state index contributed by atoms with van der Waals surface area (Å²) in [7, 11) is 3.52. The number of hydrogen-bond donors (Lipinski definition) is 2. The number of carbonyl (C=O) groups excluding carboxylic acids is 2. The smallest absolute Gasteiger partial charge is 0.253 e. The van der Waals surface area contributed by atoms with Crippen molar-refractivity contribution < 1.29 is 24.5 Å². The molecule has 0 saturated carbocycles. The van der Waals surface area contributed by atoms with E-state index in [1.165, 1.54) is 11.0 Å². The number of aromatic nitrogens is 2. The maximum absolute atomic E-state index is 12.9. The lowest BCUT2D eigenvalue weighted by Gasteiger charge is -2.15. The number of aryl methyl sites for hydroxylation is 1. The van der Waals surface area contributed by atoms with Gasteiger partial charge in [0.1, 0.15) is 22.7 Å². The molecule has 1 aliphatic heterocycles. The Balaban J connectivity index is 1.56. The summed E-state index contributed by atoms with van der Waals surface area (Å²) in [5.41, 5.74) is 3.91. The fourth-order valence-electron chi connectivity index (χ4n) is 4.31. The number of aromatic hydroxyl groups is 1. The van der Waals surface area contributed by atoms with E-state index in [2.05, 4.69) is 4.98 Å². The van der Waals surface area contributed by atoms with Crippen LogP contribution in [0, 0.1) is 0 Å². The lowest BCUT2D eigenvalue weighted by atomic mass is 9.99. The summed E-state index contributed by atoms with van der Waals surface area (Å²) in [6, 6.07) is 13.8. The van der Waals surface area contributed by atoms with Gasteiger partial charge >= 0.3 is 0 Å². The van der Waals surface area contributed by atoms with E-state index < -0.39 is 0 Å². The molecule has 1 aliphatic rings. The number of nitrogens with zero attached hydrogens (tertiary/aromatic N) is 3. The molecule has 2 aromatic carbocycles. The zero-order valence-electron chi connectivity index (χ0n) is 19.2. The molecule has 2 aromatic heterocycles. The molecule has 0 bridgehead atoms. The van der Waals surface area contributed by atoms with Crippen LogP contribution < -0.4 is 4.74 Å². The second-order valence-corrected chi connectivity index (χ2v) is 8.37. The van der Waals surface area contributed by atoms with Gasteiger partial charge in [0.05, 0.1) is 6.61 Å². The second kappa shape index (κ2) is 8.73. The number of rotatable bonds is 5. The fraction of sp³-hybridized carbons (Fsp3) is 0.148. The number of likely N-dealkylation sites (N-methyl/N-ethyl adjacent to an activating group) is 1. The number of ether oxygens (including phenoxy) is 1. The first-order valence-electron chi connectivity index (χ1n) is 11.1. The van der Waals surface area contributed by atoms with Gasteiger partial charge in [-0.05, 0) is 47.5 Å². The van der Waals surface area contributed by atoms with Gasteiger partial charge in [-0.2, -0.15) is 0 Å². The first-order chi connectivity index (χ1) is 16.9. The number of ketones is 1. The predicted octanol–water partition coefficient (Wildman–Crippen LogP) is 3.63. The highest BCUT2D eigenvalue weighted by molar-refractivity contribution is 6.17. The van der Waals surface area contributed by atoms with Crippen LogP contribution in [-0.4, -0.2) is 56.6 Å². The van der Waals surface area contributed by atoms with E-state index >= 15 is 0 Å². The van der Waals surface area contributed by atoms with Crippen LogP contribution >= 0.6 is 0 Å². The van der Waals surface area contributed by atoms with Crippen LogP contribution in [0.5, 0.6) is 11.5 Å². The fourth-order valence-corrected chi connectivity index (χ4v) is 4.31. The number of pyridine rings is 1. The third-order valence-electron chi connectivity index (χ3n) is 6.07. The number of hydrogen-bond acceptors (Lipinski definition) is 6. The van der Waals surface area contributed by atoms with Gasteiger partial charge in [0, 0.05) is 49.5 Å². The molecule has 176 valence electrons. The van der Waals surface area contributed by atoms with Crippen molar-refractivity contribution in [1.29, 1.82) is 0 Å². The molecule has 0 atom stereocenters. The van der Waals surface area contributed by atoms with Crippen LogP contribution in [0.25, 0.3) is 28.2 Å². The molecule has 3 heterocycles. The van der Waals surface area contributed by atoms with Crippen LogP contribution in [0.4, 0.5) is 0 Å². The molecule has 0 unspecified atom stereocenters. The van der Waals surface area contributed by atoms with E-state index in [4.69, 9.17) is 9.84 Å². The van der Waals surface area contributed by atoms with Gasteiger partial charge in [-0.1, -0.05) is 18.2 Å². The normalized spacial score (nSPS) is 13.8. The summed E-state index contributed by atoms with van der Waals surface area (Å²) in [5.74, 6) is -0.218. The van der Waals surface area contributed by atoms with Gasteiger partial charge in [-0.25, -0.2) is 4.98 Å². The molecule has 0 saturated heterocycles. The quantitative estimate of drug-likeness (QED) is 0.433. The van der Waals surface area contributed by atoms with E-state index in [-0.39, 0.29) is 41.9 Å². The summed E-state index contributed by atoms with van der Waals surface area (Å²) in [6.45, 7) is 0.161. The Kier molecular flexibility index (Phi) is 5.58. The topological polar surface area (TPSA) is 105 Å². The number of phenolic OH excluding ortho intramolecular Hbond substituents is 1. The molecule has 0 radical (unpaired) electrons. The highest BCUT2D eigenvalue weighted by Crippen LogP contribution is 2.39. The van der Waals surface area contributed by atoms with Crippen molar-refractivity contribution in [3.63, 3.8) is 0 Å². The number of aliphatic hydroxyl groups is 1. The lowest BCUT2D eigenvalue weighted by molar-refractivity contribution is 0.0767. The minimum absolute atomic E-state index is 0.0987. The predicted molar refractivity (Wildman–Crippen MR) is 131 cm³/mol. The standard InChI is InChI=1S/C27H23N3O5/c1-29(12-13-31)27(34)17-8-6-16(7-9-17)19-10-11-28-26-23(19)18(15-30(26)2)14-22-25(33)24-20(32)4-3-5-21(24)35-22/h3-11,14-15,31-32H,12-13H2,1-2H3. The average Bonchev–Trinajstić information content (AvgIpc) is 3.36. The Morgan fingerprint density at radius 2 is 1.94 bits per heavy atom. The van der Waals surface area contributed by atoms with E-state index in [9.17, 15) is 14.7 Å². The summed E-state index contributed by atoms with van der Waals surface area (Å²) < 4.78 is 7.63. The van der Waals surface area contributed by atoms with Crippen LogP contribution in [0.15, 0.2) is 66.7 Å². The van der Waals surface area contributed by atoms with Crippen LogP contribution in [-0.2, 0) is 7.05 Å². The van der Waals surface area contributed by atoms with Crippen LogP contribution in [0.2, 0.25) is 0 Å². The van der Waals surface area contributed by atoms with Gasteiger partial charge in [-0.3, -0.25) is 9.59 Å². The second-order valence-electron chi connectivity index (χ2n) is 8.37. The molecule has 8 heteroatoms. The molecular weight excluding hydrogens is 446 g/mol. The minimum atomic E-state index is -0.379. The third kappa shape index (κ3) is 3.83. The van der Waals surface area contributed by atoms with Gasteiger partial charge in [0.15, 0.2) is 5.76 Å². The Hall–Kier alpha value is -4.43. The number of allylic oxidation sites excluding steroid dienone is 1. The Morgan fingerprint density at radius 1 is 1.17 bits per heavy atom. The lowest BCUT2D eigenvalue weighted by Crippen LogP contribution is -2.29. The van der Waals surface area contributed by atoms with E-state index in [1.54, 1.807) is 43.6 Å². The van der Waals surface area contributed by atoms with Crippen molar-refractivity contribution in [3.8, 4) is 22.6 Å². The van der Waals surface area contributed by atoms with Gasteiger partial charge in [0.25, 0.3) is 5.91 Å². The first-order valence-corrected chi connectivity index (χ1v) is 11.1. The Bertz CT molecular complexity index is 1500. The van der Waals surface area contributed by atoms with Crippen molar-refractivity contribution in [3.05, 3.63) is 83.4 Å². The Morgan fingerprint density at radius 3 is 2.66 bits per heavy atom. The molecule has 35 heavy (non-hydrogen) atoms. The summed E-state index contributed by atoms with van der Waals surface area (Å²) >= 11 is 0. The molecule has 1 amide bonds. The molecule has 0 spiro atoms. The first kappa shape index (κ1) is 22.4. The number of carbonyl (C=O) groups is 2. The minimum Gasteiger partial charge on any atom is -0.507 e. The maximum atomic E-state index is 12.9. The molecule has 0 aliphatic carbocycles. The Labute approximate surface area is 201 Å². The molecule has 5 rings (SSSR count). The number of amides is 1. The number of phenols is 1. The number of fused-ring (bicyclic) bond motifs is 2. The molecular formula is C27H23N3O5. The van der Waals surface area contributed by atoms with Crippen LogP contribution in [0.1, 0.15) is 26.3 Å². The SMILES string of the molecule is CN(CCO)C(=O)c1ccc(-c2ccnc3c2c(C=C2Oc4cccc(O)c4C2=O)cn3C)cc1. The maximum Gasteiger partial charge on any atom is 0.253 e. The monoisotopic (exact) mass is 469 g/mol. The van der Waals surface area contributed by atoms with Crippen molar-refractivity contribution in [1.82, 2.24) is 14.5 Å². The van der Waals surface area contributed by atoms with Crippen molar-refractivity contribution in [2.75, 3.05) is 20.2 Å². The number of benzene rings is 2. The summed E-state index contributed by atoms with van der Waals surface area (Å²) in [5, 5.41) is 20.0. The average molecular weight is 469 g/mol. The summed E-state index contributed by atoms with van der Waals surface area (Å²) in [6.07, 6.45) is 5.25. The summed E-state index contributed by atoms with van der Waals surface area (Å²) in [4.78, 5) is 31.4. The van der Waals surface area contributed by atoms with Crippen molar-refractivity contribution >= 4 is 28.8 Å². The molecule has 0 fully saturated rings. The van der Waals surface area contributed by atoms with Gasteiger partial charge in [0.2, 0.25) is 5.78 Å². The van der Waals surface area contributed by atoms with E-state index in [1.807, 2.05) is 36.0 Å². The van der Waals surface area contributed by atoms with E-state index in [0.29, 0.717) is 11.3 Å². The van der Waals surface area contributed by atoms with Gasteiger partial charge < -0.3 is 24.4 Å². The molecule has 4 aromatic rings. The zero-order valence-corrected chi connectivity index (χ0v) is 19.2. The third-order valence-corrected chi connectivity index (χ3v) is 6.07. The van der Waals surface area contributed by atoms with Crippen molar-refractivity contribution in [2.24, 2.45) is 7.05 Å². The largest absolute Gasteiger partial charge is 0.507 e. The number of aliphatic hydroxyl groups excluding tert-OH is 1. The highest BCUT2D eigenvalue weighted by atomic mass is 16.5. The molecule has 8 nitrogen and oxygen atoms in total. The highest BCUT2D eigenvalue weighted by Gasteiger charge is 2.30.